The largest absolute Gasteiger partial charge is 0.497 e. The van der Waals surface area contributed by atoms with Crippen LogP contribution >= 0.6 is 0 Å². The summed E-state index contributed by atoms with van der Waals surface area (Å²) in [6.07, 6.45) is 5.57. The summed E-state index contributed by atoms with van der Waals surface area (Å²) in [4.78, 5) is 26.4. The summed E-state index contributed by atoms with van der Waals surface area (Å²) >= 11 is 0. The molecule has 3 aromatic rings. The SMILES string of the molecule is COc1ccc(CN2CCCC(c3cc(=O)[nH]c(-c4cccnc4)n3)C2)cc1. The number of nitrogens with one attached hydrogen (secondary N) is 1. The average molecular weight is 376 g/mol. The van der Waals surface area contributed by atoms with Crippen LogP contribution in [0.3, 0.4) is 0 Å². The minimum atomic E-state index is -0.115. The number of likely N-dealkylation sites (tertiary alicyclic amines) is 1. The number of pyridine rings is 1. The maximum absolute atomic E-state index is 12.2. The molecule has 144 valence electrons. The van der Waals surface area contributed by atoms with E-state index >= 15 is 0 Å². The smallest absolute Gasteiger partial charge is 0.251 e. The van der Waals surface area contributed by atoms with Crippen molar-refractivity contribution in [2.24, 2.45) is 0 Å². The molecule has 1 fully saturated rings. The lowest BCUT2D eigenvalue weighted by Gasteiger charge is -2.32. The Bertz CT molecular complexity index is 970. The van der Waals surface area contributed by atoms with Crippen LogP contribution in [-0.4, -0.2) is 40.1 Å². The molecule has 3 heterocycles. The van der Waals surface area contributed by atoms with E-state index in [4.69, 9.17) is 9.72 Å². The topological polar surface area (TPSA) is 71.1 Å². The molecule has 4 rings (SSSR count). The van der Waals surface area contributed by atoms with E-state index < -0.39 is 0 Å². The minimum Gasteiger partial charge on any atom is -0.497 e. The zero-order valence-electron chi connectivity index (χ0n) is 16.0. The number of nitrogens with zero attached hydrogens (tertiary/aromatic N) is 3. The van der Waals surface area contributed by atoms with Crippen molar-refractivity contribution in [2.75, 3.05) is 20.2 Å². The van der Waals surface area contributed by atoms with Crippen LogP contribution in [-0.2, 0) is 6.54 Å². The van der Waals surface area contributed by atoms with Gasteiger partial charge in [0.05, 0.1) is 12.8 Å². The summed E-state index contributed by atoms with van der Waals surface area (Å²) in [5.74, 6) is 1.71. The summed E-state index contributed by atoms with van der Waals surface area (Å²) in [6, 6.07) is 13.6. The van der Waals surface area contributed by atoms with Gasteiger partial charge in [-0.25, -0.2) is 4.98 Å². The van der Waals surface area contributed by atoms with Gasteiger partial charge < -0.3 is 9.72 Å². The average Bonchev–Trinajstić information content (AvgIpc) is 2.75. The van der Waals surface area contributed by atoms with Crippen LogP contribution in [0.15, 0.2) is 59.7 Å². The van der Waals surface area contributed by atoms with E-state index in [0.29, 0.717) is 5.82 Å². The van der Waals surface area contributed by atoms with Crippen LogP contribution in [0.4, 0.5) is 0 Å². The number of H-pyrrole nitrogens is 1. The van der Waals surface area contributed by atoms with Gasteiger partial charge in [0.2, 0.25) is 0 Å². The molecule has 0 saturated carbocycles. The monoisotopic (exact) mass is 376 g/mol. The number of methoxy groups -OCH3 is 1. The highest BCUT2D eigenvalue weighted by atomic mass is 16.5. The van der Waals surface area contributed by atoms with Crippen molar-refractivity contribution in [3.05, 3.63) is 76.5 Å². The molecule has 1 aliphatic heterocycles. The third kappa shape index (κ3) is 4.28. The van der Waals surface area contributed by atoms with Gasteiger partial charge in [-0.1, -0.05) is 12.1 Å². The van der Waals surface area contributed by atoms with E-state index in [1.54, 1.807) is 25.6 Å². The van der Waals surface area contributed by atoms with Gasteiger partial charge in [-0.2, -0.15) is 0 Å². The molecule has 1 unspecified atom stereocenters. The lowest BCUT2D eigenvalue weighted by molar-refractivity contribution is 0.198. The van der Waals surface area contributed by atoms with Crippen molar-refractivity contribution in [3.63, 3.8) is 0 Å². The number of aromatic amines is 1. The van der Waals surface area contributed by atoms with Gasteiger partial charge in [-0.15, -0.1) is 0 Å². The summed E-state index contributed by atoms with van der Waals surface area (Å²) in [5, 5.41) is 0. The van der Waals surface area contributed by atoms with Crippen LogP contribution in [0.1, 0.15) is 30.0 Å². The van der Waals surface area contributed by atoms with Crippen molar-refractivity contribution < 1.29 is 4.74 Å². The van der Waals surface area contributed by atoms with Gasteiger partial charge in [0, 0.05) is 43.0 Å². The Morgan fingerprint density at radius 3 is 2.86 bits per heavy atom. The van der Waals surface area contributed by atoms with Crippen LogP contribution in [0.25, 0.3) is 11.4 Å². The highest BCUT2D eigenvalue weighted by Gasteiger charge is 2.23. The van der Waals surface area contributed by atoms with Gasteiger partial charge >= 0.3 is 0 Å². The molecule has 1 aliphatic rings. The number of aromatic nitrogens is 3. The van der Waals surface area contributed by atoms with E-state index in [1.165, 1.54) is 5.56 Å². The highest BCUT2D eigenvalue weighted by Crippen LogP contribution is 2.27. The van der Waals surface area contributed by atoms with Crippen molar-refractivity contribution in [2.45, 2.75) is 25.3 Å². The van der Waals surface area contributed by atoms with Gasteiger partial charge in [-0.05, 0) is 49.2 Å². The Labute approximate surface area is 164 Å². The molecule has 6 heteroatoms. The lowest BCUT2D eigenvalue weighted by atomic mass is 9.94. The zero-order chi connectivity index (χ0) is 19.3. The number of ether oxygens (including phenoxy) is 1. The fraction of sp³-hybridized carbons (Fsp3) is 0.318. The molecule has 0 radical (unpaired) electrons. The molecule has 6 nitrogen and oxygen atoms in total. The Balaban J connectivity index is 1.51. The Kier molecular flexibility index (Phi) is 5.48. The Morgan fingerprint density at radius 1 is 1.25 bits per heavy atom. The van der Waals surface area contributed by atoms with Crippen molar-refractivity contribution in [3.8, 4) is 17.1 Å². The van der Waals surface area contributed by atoms with Crippen molar-refractivity contribution in [1.29, 1.82) is 0 Å². The van der Waals surface area contributed by atoms with E-state index in [0.717, 1.165) is 49.5 Å². The molecule has 0 bridgehead atoms. The fourth-order valence-electron chi connectivity index (χ4n) is 3.75. The summed E-state index contributed by atoms with van der Waals surface area (Å²) in [6.45, 7) is 2.84. The highest BCUT2D eigenvalue weighted by molar-refractivity contribution is 5.52. The molecule has 1 aromatic carbocycles. The standard InChI is InChI=1S/C22H24N4O2/c1-28-19-8-6-16(7-9-19)14-26-11-3-5-18(15-26)20-12-21(27)25-22(24-20)17-4-2-10-23-13-17/h2,4,6-10,12-13,18H,3,5,11,14-15H2,1H3,(H,24,25,27). The van der Waals surface area contributed by atoms with Crippen LogP contribution < -0.4 is 10.3 Å². The van der Waals surface area contributed by atoms with Gasteiger partial charge in [0.25, 0.3) is 5.56 Å². The fourth-order valence-corrected chi connectivity index (χ4v) is 3.75. The summed E-state index contributed by atoms with van der Waals surface area (Å²) in [5.41, 5.74) is 2.84. The number of rotatable bonds is 5. The van der Waals surface area contributed by atoms with Gasteiger partial charge in [-0.3, -0.25) is 14.7 Å². The Hall–Kier alpha value is -2.99. The second-order valence-electron chi connectivity index (χ2n) is 7.18. The van der Waals surface area contributed by atoms with E-state index in [9.17, 15) is 4.79 Å². The van der Waals surface area contributed by atoms with E-state index in [2.05, 4.69) is 27.0 Å². The van der Waals surface area contributed by atoms with Crippen LogP contribution in [0, 0.1) is 0 Å². The summed E-state index contributed by atoms with van der Waals surface area (Å²) in [7, 11) is 1.68. The normalized spacial score (nSPS) is 17.4. The van der Waals surface area contributed by atoms with Crippen molar-refractivity contribution >= 4 is 0 Å². The predicted octanol–water partition coefficient (Wildman–Crippen LogP) is 3.22. The first-order valence-corrected chi connectivity index (χ1v) is 9.58. The lowest BCUT2D eigenvalue weighted by Crippen LogP contribution is -2.34. The second-order valence-corrected chi connectivity index (χ2v) is 7.18. The molecular weight excluding hydrogens is 352 g/mol. The molecule has 1 saturated heterocycles. The van der Waals surface area contributed by atoms with Crippen molar-refractivity contribution in [1.82, 2.24) is 19.9 Å². The molecule has 1 N–H and O–H groups in total. The molecule has 1 atom stereocenters. The van der Waals surface area contributed by atoms with E-state index in [-0.39, 0.29) is 11.5 Å². The van der Waals surface area contributed by atoms with Crippen LogP contribution in [0.5, 0.6) is 5.75 Å². The number of benzene rings is 1. The first kappa shape index (κ1) is 18.4. The molecular formula is C22H24N4O2. The quantitative estimate of drug-likeness (QED) is 0.740. The zero-order valence-corrected chi connectivity index (χ0v) is 16.0. The molecule has 0 amide bonds. The van der Waals surface area contributed by atoms with Gasteiger partial charge in [0.15, 0.2) is 0 Å². The van der Waals surface area contributed by atoms with E-state index in [1.807, 2.05) is 24.3 Å². The molecule has 0 spiro atoms. The van der Waals surface area contributed by atoms with Gasteiger partial charge in [0.1, 0.15) is 11.6 Å². The third-order valence-electron chi connectivity index (χ3n) is 5.19. The Morgan fingerprint density at radius 2 is 2.11 bits per heavy atom. The predicted molar refractivity (Wildman–Crippen MR) is 108 cm³/mol. The molecule has 0 aliphatic carbocycles. The first-order chi connectivity index (χ1) is 13.7. The maximum atomic E-state index is 12.2. The molecule has 2 aromatic heterocycles. The number of piperidine rings is 1. The maximum Gasteiger partial charge on any atom is 0.251 e. The summed E-state index contributed by atoms with van der Waals surface area (Å²) < 4.78 is 5.23. The number of hydrogen-bond acceptors (Lipinski definition) is 5. The first-order valence-electron chi connectivity index (χ1n) is 9.58. The molecule has 28 heavy (non-hydrogen) atoms. The van der Waals surface area contributed by atoms with Crippen LogP contribution in [0.2, 0.25) is 0 Å². The third-order valence-corrected chi connectivity index (χ3v) is 5.19. The second kappa shape index (κ2) is 8.35. The minimum absolute atomic E-state index is 0.115. The number of hydrogen-bond donors (Lipinski definition) is 1.